The molecule has 4 unspecified atom stereocenters. The molecule has 0 N–H and O–H groups in total. The van der Waals surface area contributed by atoms with Crippen molar-refractivity contribution in [2.75, 3.05) is 5.01 Å². The maximum atomic E-state index is 12.7. The zero-order chi connectivity index (χ0) is 17.1. The number of anilines is 1. The molecule has 7 heteroatoms. The van der Waals surface area contributed by atoms with Gasteiger partial charge in [-0.3, -0.25) is 4.79 Å². The zero-order valence-corrected chi connectivity index (χ0v) is 13.9. The third-order valence-electron chi connectivity index (χ3n) is 4.71. The number of nitrogens with zero attached hydrogens (tertiary/aromatic N) is 4. The van der Waals surface area contributed by atoms with E-state index in [-0.39, 0.29) is 30.0 Å². The predicted octanol–water partition coefficient (Wildman–Crippen LogP) is 2.78. The van der Waals surface area contributed by atoms with Crippen LogP contribution in [0, 0.1) is 5.92 Å². The van der Waals surface area contributed by atoms with Crippen LogP contribution in [0.5, 0.6) is 0 Å². The molecule has 1 aromatic carbocycles. The van der Waals surface area contributed by atoms with Gasteiger partial charge in [-0.05, 0) is 39.3 Å². The molecule has 2 fully saturated rings. The Bertz CT molecular complexity index is 712. The number of imide groups is 1. The Morgan fingerprint density at radius 2 is 1.96 bits per heavy atom. The first-order valence-electron chi connectivity index (χ1n) is 8.18. The highest BCUT2D eigenvalue weighted by Crippen LogP contribution is 2.47. The van der Waals surface area contributed by atoms with E-state index in [4.69, 9.17) is 4.74 Å². The third kappa shape index (κ3) is 2.18. The monoisotopic (exact) mass is 328 g/mol. The summed E-state index contributed by atoms with van der Waals surface area (Å²) in [5.74, 6) is -0.452. The van der Waals surface area contributed by atoms with Crippen LogP contribution in [0.2, 0.25) is 0 Å². The number of amides is 2. The van der Waals surface area contributed by atoms with Gasteiger partial charge in [-0.2, -0.15) is 5.11 Å². The van der Waals surface area contributed by atoms with Gasteiger partial charge < -0.3 is 4.74 Å². The van der Waals surface area contributed by atoms with Gasteiger partial charge in [0, 0.05) is 0 Å². The summed E-state index contributed by atoms with van der Waals surface area (Å²) in [4.78, 5) is 26.4. The SMILES string of the molecule is CC(C)(C)OC(=O)N1C(=O)C2CC1C1N=NN(c3ccccc3)C21. The fourth-order valence-corrected chi connectivity index (χ4v) is 3.83. The summed E-state index contributed by atoms with van der Waals surface area (Å²) < 4.78 is 5.38. The van der Waals surface area contributed by atoms with Crippen molar-refractivity contribution in [3.8, 4) is 0 Å². The largest absolute Gasteiger partial charge is 0.443 e. The molecule has 126 valence electrons. The number of carbonyl (C=O) groups excluding carboxylic acids is 2. The molecule has 1 saturated carbocycles. The first kappa shape index (κ1) is 15.1. The van der Waals surface area contributed by atoms with Gasteiger partial charge in [0.05, 0.1) is 23.7 Å². The van der Waals surface area contributed by atoms with Gasteiger partial charge in [0.25, 0.3) is 0 Å². The molecule has 3 aliphatic rings. The number of hydrogen-bond donors (Lipinski definition) is 0. The summed E-state index contributed by atoms with van der Waals surface area (Å²) in [5, 5.41) is 10.4. The normalized spacial score (nSPS) is 30.9. The van der Waals surface area contributed by atoms with Crippen molar-refractivity contribution in [3.05, 3.63) is 30.3 Å². The predicted molar refractivity (Wildman–Crippen MR) is 86.3 cm³/mol. The summed E-state index contributed by atoms with van der Waals surface area (Å²) in [6, 6.07) is 9.14. The summed E-state index contributed by atoms with van der Waals surface area (Å²) in [5.41, 5.74) is 0.282. The molecule has 24 heavy (non-hydrogen) atoms. The van der Waals surface area contributed by atoms with E-state index in [1.807, 2.05) is 35.3 Å². The van der Waals surface area contributed by atoms with Gasteiger partial charge in [0.15, 0.2) is 0 Å². The summed E-state index contributed by atoms with van der Waals surface area (Å²) in [6.07, 6.45) is 0.0438. The topological polar surface area (TPSA) is 74.6 Å². The van der Waals surface area contributed by atoms with Crippen LogP contribution in [0.15, 0.2) is 40.7 Å². The standard InChI is InChI=1S/C17H20N4O3/c1-17(2,3)24-16(23)20-12-9-11(15(20)22)14-13(12)18-19-21(14)10-7-5-4-6-8-10/h4-8,11-14H,9H2,1-3H3. The summed E-state index contributed by atoms with van der Waals surface area (Å²) >= 11 is 0. The average Bonchev–Trinajstić information content (AvgIpc) is 3.15. The Morgan fingerprint density at radius 3 is 2.62 bits per heavy atom. The minimum atomic E-state index is -0.633. The molecular weight excluding hydrogens is 308 g/mol. The number of rotatable bonds is 1. The van der Waals surface area contributed by atoms with Crippen LogP contribution in [0.3, 0.4) is 0 Å². The number of likely N-dealkylation sites (tertiary alicyclic amines) is 1. The number of carbonyl (C=O) groups is 2. The van der Waals surface area contributed by atoms with Crippen molar-refractivity contribution in [1.82, 2.24) is 4.90 Å². The van der Waals surface area contributed by atoms with Crippen molar-refractivity contribution >= 4 is 17.7 Å². The summed E-state index contributed by atoms with van der Waals surface area (Å²) in [6.45, 7) is 5.37. The summed E-state index contributed by atoms with van der Waals surface area (Å²) in [7, 11) is 0. The number of fused-ring (bicyclic) bond motifs is 5. The second-order valence-corrected chi connectivity index (χ2v) is 7.46. The second-order valence-electron chi connectivity index (χ2n) is 7.46. The van der Waals surface area contributed by atoms with Crippen LogP contribution in [0.4, 0.5) is 10.5 Å². The van der Waals surface area contributed by atoms with E-state index >= 15 is 0 Å². The molecule has 2 amide bonds. The zero-order valence-electron chi connectivity index (χ0n) is 13.9. The minimum absolute atomic E-state index is 0.108. The molecule has 0 spiro atoms. The van der Waals surface area contributed by atoms with Gasteiger partial charge in [0.2, 0.25) is 5.91 Å². The fraction of sp³-hybridized carbons (Fsp3) is 0.529. The van der Waals surface area contributed by atoms with Gasteiger partial charge in [-0.1, -0.05) is 23.4 Å². The Kier molecular flexibility index (Phi) is 3.16. The fourth-order valence-electron chi connectivity index (χ4n) is 3.83. The van der Waals surface area contributed by atoms with E-state index in [2.05, 4.69) is 10.3 Å². The number of piperidine rings is 1. The highest BCUT2D eigenvalue weighted by molar-refractivity contribution is 5.97. The lowest BCUT2D eigenvalue weighted by atomic mass is 9.98. The molecule has 1 aliphatic carbocycles. The van der Waals surface area contributed by atoms with Crippen LogP contribution in [0.1, 0.15) is 27.2 Å². The van der Waals surface area contributed by atoms with Crippen LogP contribution in [-0.4, -0.2) is 40.6 Å². The number of hydrogen-bond acceptors (Lipinski definition) is 6. The molecule has 2 heterocycles. The van der Waals surface area contributed by atoms with E-state index in [0.29, 0.717) is 6.42 Å². The lowest BCUT2D eigenvalue weighted by molar-refractivity contribution is -0.133. The van der Waals surface area contributed by atoms with Gasteiger partial charge in [0.1, 0.15) is 11.6 Å². The van der Waals surface area contributed by atoms with Gasteiger partial charge >= 0.3 is 6.09 Å². The molecule has 0 aromatic heterocycles. The third-order valence-corrected chi connectivity index (χ3v) is 4.71. The van der Waals surface area contributed by atoms with Crippen molar-refractivity contribution < 1.29 is 14.3 Å². The molecule has 2 bridgehead atoms. The Hall–Kier alpha value is -2.44. The molecule has 7 nitrogen and oxygen atoms in total. The molecule has 4 rings (SSSR count). The van der Waals surface area contributed by atoms with Crippen molar-refractivity contribution in [2.24, 2.45) is 16.3 Å². The first-order chi connectivity index (χ1) is 11.4. The number of benzene rings is 1. The van der Waals surface area contributed by atoms with E-state index in [9.17, 15) is 9.59 Å². The van der Waals surface area contributed by atoms with Crippen LogP contribution < -0.4 is 5.01 Å². The maximum Gasteiger partial charge on any atom is 0.417 e. The Morgan fingerprint density at radius 1 is 1.25 bits per heavy atom. The van der Waals surface area contributed by atoms with E-state index < -0.39 is 11.7 Å². The lowest BCUT2D eigenvalue weighted by Gasteiger charge is -2.34. The highest BCUT2D eigenvalue weighted by Gasteiger charge is 2.63. The second kappa shape index (κ2) is 5.03. The van der Waals surface area contributed by atoms with Crippen molar-refractivity contribution in [2.45, 2.75) is 50.9 Å². The molecule has 2 aliphatic heterocycles. The van der Waals surface area contributed by atoms with Gasteiger partial charge in [-0.25, -0.2) is 14.7 Å². The van der Waals surface area contributed by atoms with E-state index in [1.54, 1.807) is 20.8 Å². The molecule has 0 radical (unpaired) electrons. The van der Waals surface area contributed by atoms with Crippen LogP contribution in [-0.2, 0) is 9.53 Å². The molecule has 4 atom stereocenters. The van der Waals surface area contributed by atoms with Crippen molar-refractivity contribution in [1.29, 1.82) is 0 Å². The molecule has 1 saturated heterocycles. The van der Waals surface area contributed by atoms with Gasteiger partial charge in [-0.15, -0.1) is 0 Å². The number of ether oxygens (including phenoxy) is 1. The quantitative estimate of drug-likeness (QED) is 0.794. The van der Waals surface area contributed by atoms with Crippen LogP contribution >= 0.6 is 0 Å². The van der Waals surface area contributed by atoms with E-state index in [1.165, 1.54) is 4.90 Å². The number of para-hydroxylation sites is 1. The highest BCUT2D eigenvalue weighted by atomic mass is 16.6. The maximum absolute atomic E-state index is 12.7. The Labute approximate surface area is 140 Å². The van der Waals surface area contributed by atoms with Crippen molar-refractivity contribution in [3.63, 3.8) is 0 Å². The average molecular weight is 328 g/mol. The van der Waals surface area contributed by atoms with Crippen LogP contribution in [0.25, 0.3) is 0 Å². The minimum Gasteiger partial charge on any atom is -0.443 e. The lowest BCUT2D eigenvalue weighted by Crippen LogP contribution is -2.56. The molecular formula is C17H20N4O3. The Balaban J connectivity index is 1.58. The first-order valence-corrected chi connectivity index (χ1v) is 8.18. The smallest absolute Gasteiger partial charge is 0.417 e. The van der Waals surface area contributed by atoms with E-state index in [0.717, 1.165) is 5.69 Å². The molecule has 1 aromatic rings.